The zero-order valence-corrected chi connectivity index (χ0v) is 7.54. The summed E-state index contributed by atoms with van der Waals surface area (Å²) in [5.74, 6) is 0.994. The lowest BCUT2D eigenvalue weighted by Crippen LogP contribution is -1.85. The van der Waals surface area contributed by atoms with Crippen LogP contribution in [0.3, 0.4) is 0 Å². The van der Waals surface area contributed by atoms with Crippen molar-refractivity contribution >= 4 is 17.4 Å². The van der Waals surface area contributed by atoms with E-state index in [9.17, 15) is 4.91 Å². The molecule has 0 saturated carbocycles. The molecule has 0 amide bonds. The van der Waals surface area contributed by atoms with E-state index in [0.29, 0.717) is 5.16 Å². The lowest BCUT2D eigenvalue weighted by molar-refractivity contribution is 0.959. The van der Waals surface area contributed by atoms with Gasteiger partial charge in [-0.15, -0.1) is 4.91 Å². The molecule has 0 aliphatic rings. The van der Waals surface area contributed by atoms with Gasteiger partial charge in [-0.25, -0.2) is 9.97 Å². The largest absolute Gasteiger partial charge is 0.229 e. The quantitative estimate of drug-likeness (QED) is 0.408. The van der Waals surface area contributed by atoms with E-state index in [1.807, 2.05) is 0 Å². The van der Waals surface area contributed by atoms with Crippen molar-refractivity contribution in [3.63, 3.8) is 0 Å². The highest BCUT2D eigenvalue weighted by Gasteiger charge is 1.96. The third kappa shape index (κ3) is 2.58. The molecule has 0 aromatic carbocycles. The van der Waals surface area contributed by atoms with Crippen LogP contribution in [0.25, 0.3) is 0 Å². The van der Waals surface area contributed by atoms with Crippen molar-refractivity contribution in [1.29, 1.82) is 0 Å². The average Bonchev–Trinajstić information content (AvgIpc) is 2.15. The van der Waals surface area contributed by atoms with Crippen LogP contribution in [0.15, 0.2) is 22.7 Å². The molecule has 0 saturated heterocycles. The number of rotatable bonds is 4. The van der Waals surface area contributed by atoms with E-state index in [1.54, 1.807) is 11.8 Å². The first-order valence-corrected chi connectivity index (χ1v) is 4.63. The topological polar surface area (TPSA) is 55.2 Å². The van der Waals surface area contributed by atoms with Crippen molar-refractivity contribution in [2.45, 2.75) is 18.5 Å². The van der Waals surface area contributed by atoms with Gasteiger partial charge in [-0.2, -0.15) is 0 Å². The minimum Gasteiger partial charge on any atom is -0.229 e. The molecule has 0 radical (unpaired) electrons. The number of thioether (sulfide) groups is 1. The third-order valence-corrected chi connectivity index (χ3v) is 2.24. The van der Waals surface area contributed by atoms with E-state index in [1.165, 1.54) is 12.4 Å². The van der Waals surface area contributed by atoms with Gasteiger partial charge in [-0.05, 0) is 11.6 Å². The maximum atomic E-state index is 10.00. The Bertz CT molecular complexity index is 249. The summed E-state index contributed by atoms with van der Waals surface area (Å²) < 4.78 is 0. The Kier molecular flexibility index (Phi) is 3.66. The number of nitroso groups, excluding NO2 is 1. The monoisotopic (exact) mass is 183 g/mol. The summed E-state index contributed by atoms with van der Waals surface area (Å²) in [4.78, 5) is 17.9. The second-order valence-corrected chi connectivity index (χ2v) is 3.23. The van der Waals surface area contributed by atoms with Crippen LogP contribution in [0.5, 0.6) is 0 Å². The molecule has 12 heavy (non-hydrogen) atoms. The first-order valence-electron chi connectivity index (χ1n) is 3.65. The fourth-order valence-electron chi connectivity index (χ4n) is 0.624. The van der Waals surface area contributed by atoms with Crippen LogP contribution in [0.4, 0.5) is 5.69 Å². The number of hydrogen-bond acceptors (Lipinski definition) is 5. The highest BCUT2D eigenvalue weighted by atomic mass is 32.2. The Hall–Kier alpha value is -0.970. The first-order chi connectivity index (χ1) is 5.86. The molecule has 5 heteroatoms. The van der Waals surface area contributed by atoms with E-state index >= 15 is 0 Å². The minimum atomic E-state index is 0.274. The minimum absolute atomic E-state index is 0.274. The Morgan fingerprint density at radius 3 is 2.67 bits per heavy atom. The Morgan fingerprint density at radius 2 is 2.17 bits per heavy atom. The Balaban J connectivity index is 2.58. The fraction of sp³-hybridized carbons (Fsp3) is 0.429. The molecule has 0 aliphatic carbocycles. The summed E-state index contributed by atoms with van der Waals surface area (Å²) in [6, 6.07) is 0. The highest BCUT2D eigenvalue weighted by molar-refractivity contribution is 7.99. The van der Waals surface area contributed by atoms with E-state index in [0.717, 1.165) is 12.2 Å². The van der Waals surface area contributed by atoms with Gasteiger partial charge in [0.05, 0.1) is 12.4 Å². The predicted molar refractivity (Wildman–Crippen MR) is 48.5 cm³/mol. The first kappa shape index (κ1) is 9.12. The van der Waals surface area contributed by atoms with E-state index < -0.39 is 0 Å². The summed E-state index contributed by atoms with van der Waals surface area (Å²) in [5.41, 5.74) is 0.274. The summed E-state index contributed by atoms with van der Waals surface area (Å²) in [6.45, 7) is 2.09. The van der Waals surface area contributed by atoms with Crippen molar-refractivity contribution in [2.24, 2.45) is 5.18 Å². The van der Waals surface area contributed by atoms with Gasteiger partial charge >= 0.3 is 0 Å². The molecule has 1 aromatic heterocycles. The van der Waals surface area contributed by atoms with Crippen molar-refractivity contribution in [3.05, 3.63) is 17.3 Å². The predicted octanol–water partition coefficient (Wildman–Crippen LogP) is 2.38. The summed E-state index contributed by atoms with van der Waals surface area (Å²) in [7, 11) is 0. The Labute approximate surface area is 74.8 Å². The molecule has 64 valence electrons. The molecule has 0 N–H and O–H groups in total. The van der Waals surface area contributed by atoms with Gasteiger partial charge in [0.1, 0.15) is 5.69 Å². The van der Waals surface area contributed by atoms with Crippen LogP contribution in [0.1, 0.15) is 13.3 Å². The molecule has 0 bridgehead atoms. The average molecular weight is 183 g/mol. The highest BCUT2D eigenvalue weighted by Crippen LogP contribution is 2.15. The third-order valence-electron chi connectivity index (χ3n) is 1.16. The van der Waals surface area contributed by atoms with Gasteiger partial charge in [0.2, 0.25) is 0 Å². The van der Waals surface area contributed by atoms with E-state index in [2.05, 4.69) is 22.1 Å². The van der Waals surface area contributed by atoms with Gasteiger partial charge in [0.15, 0.2) is 5.16 Å². The van der Waals surface area contributed by atoms with Crippen LogP contribution in [-0.2, 0) is 0 Å². The molecule has 0 spiro atoms. The van der Waals surface area contributed by atoms with E-state index in [4.69, 9.17) is 0 Å². The summed E-state index contributed by atoms with van der Waals surface area (Å²) >= 11 is 1.57. The molecule has 1 aromatic rings. The lowest BCUT2D eigenvalue weighted by Gasteiger charge is -1.95. The molecular formula is C7H9N3OS. The SMILES string of the molecule is CCCSc1ncc(N=O)cn1. The van der Waals surface area contributed by atoms with Gasteiger partial charge < -0.3 is 0 Å². The second-order valence-electron chi connectivity index (χ2n) is 2.16. The standard InChI is InChI=1S/C7H9N3OS/c1-2-3-12-7-8-4-6(10-11)5-9-7/h4-5H,2-3H2,1H3. The lowest BCUT2D eigenvalue weighted by atomic mass is 10.6. The van der Waals surface area contributed by atoms with E-state index in [-0.39, 0.29) is 5.69 Å². The summed E-state index contributed by atoms with van der Waals surface area (Å²) in [5, 5.41) is 3.41. The van der Waals surface area contributed by atoms with Gasteiger partial charge in [0.25, 0.3) is 0 Å². The molecule has 1 rings (SSSR count). The smallest absolute Gasteiger partial charge is 0.187 e. The molecule has 4 nitrogen and oxygen atoms in total. The fourth-order valence-corrected chi connectivity index (χ4v) is 1.27. The van der Waals surface area contributed by atoms with Gasteiger partial charge in [-0.1, -0.05) is 18.7 Å². The molecule has 0 unspecified atom stereocenters. The number of hydrogen-bond donors (Lipinski definition) is 0. The molecule has 0 aliphatic heterocycles. The van der Waals surface area contributed by atoms with Crippen LogP contribution in [-0.4, -0.2) is 15.7 Å². The molecule has 1 heterocycles. The van der Waals surface area contributed by atoms with Gasteiger partial charge in [0, 0.05) is 5.75 Å². The second kappa shape index (κ2) is 4.82. The molecule has 0 atom stereocenters. The van der Waals surface area contributed by atoms with Crippen molar-refractivity contribution in [3.8, 4) is 0 Å². The maximum Gasteiger partial charge on any atom is 0.187 e. The molecular weight excluding hydrogens is 174 g/mol. The van der Waals surface area contributed by atoms with Crippen molar-refractivity contribution < 1.29 is 0 Å². The van der Waals surface area contributed by atoms with Crippen molar-refractivity contribution in [2.75, 3.05) is 5.75 Å². The van der Waals surface area contributed by atoms with Crippen molar-refractivity contribution in [1.82, 2.24) is 9.97 Å². The number of aromatic nitrogens is 2. The molecule has 0 fully saturated rings. The van der Waals surface area contributed by atoms with Crippen LogP contribution >= 0.6 is 11.8 Å². The number of nitrogens with zero attached hydrogens (tertiary/aromatic N) is 3. The van der Waals surface area contributed by atoms with Crippen LogP contribution in [0.2, 0.25) is 0 Å². The normalized spacial score (nSPS) is 9.75. The summed E-state index contributed by atoms with van der Waals surface area (Å²) in [6.07, 6.45) is 3.94. The zero-order chi connectivity index (χ0) is 8.81. The van der Waals surface area contributed by atoms with Crippen LogP contribution < -0.4 is 0 Å². The Morgan fingerprint density at radius 1 is 1.50 bits per heavy atom. The van der Waals surface area contributed by atoms with Gasteiger partial charge in [-0.3, -0.25) is 0 Å². The zero-order valence-electron chi connectivity index (χ0n) is 6.73. The van der Waals surface area contributed by atoms with Crippen LogP contribution in [0, 0.1) is 4.91 Å². The maximum absolute atomic E-state index is 10.00.